The number of aromatic nitrogens is 4. The molecule has 0 saturated carbocycles. The van der Waals surface area contributed by atoms with Crippen molar-refractivity contribution in [3.63, 3.8) is 0 Å². The highest BCUT2D eigenvalue weighted by atomic mass is 19.1. The number of carbonyl (C=O) groups excluding carboxylic acids is 1. The summed E-state index contributed by atoms with van der Waals surface area (Å²) in [6.45, 7) is 8.81. The van der Waals surface area contributed by atoms with E-state index >= 15 is 0 Å². The van der Waals surface area contributed by atoms with Crippen LogP contribution in [0.1, 0.15) is 66.7 Å². The number of nitrogens with zero attached hydrogens (tertiary/aromatic N) is 3. The Hall–Kier alpha value is -3.85. The molecule has 1 aromatic carbocycles. The van der Waals surface area contributed by atoms with Crippen molar-refractivity contribution in [2.24, 2.45) is 0 Å². The van der Waals surface area contributed by atoms with E-state index in [2.05, 4.69) is 20.4 Å². The molecule has 1 amide bonds. The SMILES string of the molecule is Cc1ccc(-c2nn3cc(C(=O)NC(c4ccc(F)cc4)C(C)(C)O)c(C(C)C)c3c(=O)[nH]2)nc1. The summed E-state index contributed by atoms with van der Waals surface area (Å²) in [4.78, 5) is 33.7. The fourth-order valence-corrected chi connectivity index (χ4v) is 4.13. The number of aliphatic hydroxyl groups is 1. The van der Waals surface area contributed by atoms with E-state index in [0.717, 1.165) is 5.56 Å². The normalized spacial score (nSPS) is 12.8. The zero-order valence-electron chi connectivity index (χ0n) is 20.3. The predicted molar refractivity (Wildman–Crippen MR) is 131 cm³/mol. The van der Waals surface area contributed by atoms with Crippen LogP contribution < -0.4 is 10.9 Å². The molecule has 0 fully saturated rings. The van der Waals surface area contributed by atoms with Crippen molar-refractivity contribution in [1.82, 2.24) is 24.9 Å². The van der Waals surface area contributed by atoms with Crippen molar-refractivity contribution < 1.29 is 14.3 Å². The van der Waals surface area contributed by atoms with Crippen molar-refractivity contribution >= 4 is 11.4 Å². The number of nitrogens with one attached hydrogen (secondary N) is 2. The second kappa shape index (κ2) is 9.07. The summed E-state index contributed by atoms with van der Waals surface area (Å²) in [5, 5.41) is 18.1. The molecular weight excluding hydrogens is 449 g/mol. The molecule has 1 unspecified atom stereocenters. The lowest BCUT2D eigenvalue weighted by atomic mass is 9.91. The first-order valence-corrected chi connectivity index (χ1v) is 11.3. The highest BCUT2D eigenvalue weighted by Gasteiger charge is 2.32. The van der Waals surface area contributed by atoms with Crippen LogP contribution in [0.2, 0.25) is 0 Å². The van der Waals surface area contributed by atoms with E-state index in [1.165, 1.54) is 35.0 Å². The van der Waals surface area contributed by atoms with Gasteiger partial charge >= 0.3 is 0 Å². The molecule has 3 heterocycles. The average molecular weight is 478 g/mol. The molecule has 35 heavy (non-hydrogen) atoms. The molecule has 4 rings (SSSR count). The number of aryl methyl sites for hydroxylation is 1. The maximum Gasteiger partial charge on any atom is 0.275 e. The van der Waals surface area contributed by atoms with Crippen LogP contribution in [0.15, 0.2) is 53.6 Å². The van der Waals surface area contributed by atoms with E-state index in [1.54, 1.807) is 26.1 Å². The van der Waals surface area contributed by atoms with E-state index in [4.69, 9.17) is 0 Å². The third-order valence-corrected chi connectivity index (χ3v) is 5.84. The van der Waals surface area contributed by atoms with Gasteiger partial charge in [-0.05, 0) is 56.0 Å². The third kappa shape index (κ3) is 4.85. The lowest BCUT2D eigenvalue weighted by Crippen LogP contribution is -2.42. The van der Waals surface area contributed by atoms with Crippen LogP contribution in [0.5, 0.6) is 0 Å². The van der Waals surface area contributed by atoms with Crippen molar-refractivity contribution in [3.8, 4) is 11.5 Å². The number of carbonyl (C=O) groups is 1. The van der Waals surface area contributed by atoms with Gasteiger partial charge in [0.2, 0.25) is 0 Å². The van der Waals surface area contributed by atoms with Crippen molar-refractivity contribution in [1.29, 1.82) is 0 Å². The third-order valence-electron chi connectivity index (χ3n) is 5.84. The van der Waals surface area contributed by atoms with E-state index in [9.17, 15) is 19.1 Å². The summed E-state index contributed by atoms with van der Waals surface area (Å²) in [5.74, 6) is -0.788. The quantitative estimate of drug-likeness (QED) is 0.390. The molecule has 0 saturated heterocycles. The zero-order chi connectivity index (χ0) is 25.5. The van der Waals surface area contributed by atoms with Crippen LogP contribution in [0.4, 0.5) is 4.39 Å². The molecule has 0 aliphatic carbocycles. The smallest absolute Gasteiger partial charge is 0.275 e. The molecule has 3 N–H and O–H groups in total. The Morgan fingerprint density at radius 1 is 1.17 bits per heavy atom. The van der Waals surface area contributed by atoms with Crippen LogP contribution in [-0.2, 0) is 0 Å². The maximum atomic E-state index is 13.5. The fraction of sp³-hybridized carbons (Fsp3) is 0.308. The summed E-state index contributed by atoms with van der Waals surface area (Å²) in [6.07, 6.45) is 3.19. The van der Waals surface area contributed by atoms with Gasteiger partial charge in [-0.1, -0.05) is 32.0 Å². The number of pyridine rings is 1. The van der Waals surface area contributed by atoms with Gasteiger partial charge < -0.3 is 15.4 Å². The molecule has 0 radical (unpaired) electrons. The minimum Gasteiger partial charge on any atom is -0.388 e. The average Bonchev–Trinajstić information content (AvgIpc) is 3.18. The summed E-state index contributed by atoms with van der Waals surface area (Å²) >= 11 is 0. The highest BCUT2D eigenvalue weighted by Crippen LogP contribution is 2.29. The number of fused-ring (bicyclic) bond motifs is 1. The largest absolute Gasteiger partial charge is 0.388 e. The Labute approximate surface area is 201 Å². The standard InChI is InChI=1S/C26H28FN5O3/c1-14(2)20-18(24(33)29-22(26(4,5)35)16-7-9-17(27)10-8-16)13-32-21(20)25(34)30-23(31-32)19-11-6-15(3)12-28-19/h6-14,22,35H,1-5H3,(H,29,33)(H,30,31,34). The second-order valence-corrected chi connectivity index (χ2v) is 9.54. The van der Waals surface area contributed by atoms with Crippen LogP contribution in [0, 0.1) is 12.7 Å². The lowest BCUT2D eigenvalue weighted by molar-refractivity contribution is 0.0343. The van der Waals surface area contributed by atoms with Gasteiger partial charge in [-0.3, -0.25) is 14.6 Å². The molecule has 9 heteroatoms. The van der Waals surface area contributed by atoms with Gasteiger partial charge in [0.25, 0.3) is 11.5 Å². The van der Waals surface area contributed by atoms with Crippen molar-refractivity contribution in [3.05, 3.63) is 87.2 Å². The van der Waals surface area contributed by atoms with Gasteiger partial charge in [-0.25, -0.2) is 8.91 Å². The summed E-state index contributed by atoms with van der Waals surface area (Å²) in [6, 6.07) is 8.39. The molecule has 0 aliphatic heterocycles. The minimum absolute atomic E-state index is 0.168. The number of hydrogen-bond acceptors (Lipinski definition) is 5. The summed E-state index contributed by atoms with van der Waals surface area (Å²) < 4.78 is 14.9. The molecule has 0 aliphatic rings. The van der Waals surface area contributed by atoms with Crippen molar-refractivity contribution in [2.75, 3.05) is 0 Å². The number of amides is 1. The Balaban J connectivity index is 1.79. The molecule has 8 nitrogen and oxygen atoms in total. The van der Waals surface area contributed by atoms with Crippen LogP contribution >= 0.6 is 0 Å². The minimum atomic E-state index is -1.34. The van der Waals surface area contributed by atoms with Gasteiger partial charge in [0, 0.05) is 18.0 Å². The predicted octanol–water partition coefficient (Wildman–Crippen LogP) is 3.90. The molecule has 182 valence electrons. The first-order chi connectivity index (χ1) is 16.5. The first kappa shape index (κ1) is 24.3. The molecular formula is C26H28FN5O3. The van der Waals surface area contributed by atoms with Gasteiger partial charge in [0.05, 0.1) is 17.2 Å². The van der Waals surface area contributed by atoms with Gasteiger partial charge in [-0.15, -0.1) is 5.10 Å². The number of H-pyrrole nitrogens is 1. The lowest BCUT2D eigenvalue weighted by Gasteiger charge is -2.30. The number of halogens is 1. The van der Waals surface area contributed by atoms with E-state index in [0.29, 0.717) is 16.8 Å². The van der Waals surface area contributed by atoms with Crippen LogP contribution in [0.25, 0.3) is 17.0 Å². The monoisotopic (exact) mass is 477 g/mol. The molecule has 3 aromatic heterocycles. The van der Waals surface area contributed by atoms with Gasteiger partial charge in [0.1, 0.15) is 17.0 Å². The number of rotatable bonds is 6. The van der Waals surface area contributed by atoms with Crippen LogP contribution in [0.3, 0.4) is 0 Å². The number of aromatic amines is 1. The maximum absolute atomic E-state index is 13.5. The zero-order valence-corrected chi connectivity index (χ0v) is 20.3. The van der Waals surface area contributed by atoms with Gasteiger partial charge in [-0.2, -0.15) is 0 Å². The number of benzene rings is 1. The second-order valence-electron chi connectivity index (χ2n) is 9.54. The topological polar surface area (TPSA) is 112 Å². The Kier molecular flexibility index (Phi) is 6.29. The van der Waals surface area contributed by atoms with E-state index in [1.807, 2.05) is 26.8 Å². The Morgan fingerprint density at radius 2 is 1.86 bits per heavy atom. The molecule has 0 spiro atoms. The first-order valence-electron chi connectivity index (χ1n) is 11.3. The van der Waals surface area contributed by atoms with Crippen LogP contribution in [-0.4, -0.2) is 36.2 Å². The number of hydrogen-bond donors (Lipinski definition) is 3. The highest BCUT2D eigenvalue weighted by molar-refractivity contribution is 5.98. The Morgan fingerprint density at radius 3 is 2.43 bits per heavy atom. The Bertz CT molecular complexity index is 1430. The molecule has 1 atom stereocenters. The summed E-state index contributed by atoms with van der Waals surface area (Å²) in [7, 11) is 0. The van der Waals surface area contributed by atoms with E-state index in [-0.39, 0.29) is 22.8 Å². The summed E-state index contributed by atoms with van der Waals surface area (Å²) in [5.41, 5.74) is 1.35. The van der Waals surface area contributed by atoms with E-state index < -0.39 is 28.9 Å². The molecule has 0 bridgehead atoms. The van der Waals surface area contributed by atoms with Gasteiger partial charge in [0.15, 0.2) is 5.82 Å². The molecule has 4 aromatic rings. The fourth-order valence-electron chi connectivity index (χ4n) is 4.13. The van der Waals surface area contributed by atoms with Crippen molar-refractivity contribution in [2.45, 2.75) is 52.2 Å².